The van der Waals surface area contributed by atoms with Gasteiger partial charge in [-0.15, -0.1) is 0 Å². The van der Waals surface area contributed by atoms with Crippen LogP contribution in [0.2, 0.25) is 0 Å². The predicted octanol–water partition coefficient (Wildman–Crippen LogP) is 2.57. The van der Waals surface area contributed by atoms with E-state index in [1.54, 1.807) is 12.4 Å². The monoisotopic (exact) mass is 399 g/mol. The average Bonchev–Trinajstić information content (AvgIpc) is 3.31. The zero-order valence-corrected chi connectivity index (χ0v) is 17.2. The molecule has 1 unspecified atom stereocenters. The third-order valence-electron chi connectivity index (χ3n) is 4.57. The van der Waals surface area contributed by atoms with Crippen molar-refractivity contribution in [2.75, 3.05) is 25.1 Å². The van der Waals surface area contributed by atoms with Gasteiger partial charge in [0.05, 0.1) is 18.0 Å². The van der Waals surface area contributed by atoms with Gasteiger partial charge in [0.1, 0.15) is 17.1 Å². The molecule has 1 fully saturated rings. The minimum absolute atomic E-state index is 0.0736. The van der Waals surface area contributed by atoms with Crippen molar-refractivity contribution in [3.63, 3.8) is 0 Å². The number of nitrogens with two attached hydrogens (primary N) is 1. The molecule has 8 nitrogen and oxygen atoms in total. The van der Waals surface area contributed by atoms with Gasteiger partial charge < -0.3 is 24.9 Å². The summed E-state index contributed by atoms with van der Waals surface area (Å²) in [6.45, 7) is 7.86. The summed E-state index contributed by atoms with van der Waals surface area (Å²) in [5, 5.41) is 2.82. The minimum atomic E-state index is -0.413. The molecule has 0 aliphatic carbocycles. The van der Waals surface area contributed by atoms with E-state index in [1.807, 2.05) is 37.4 Å². The minimum Gasteiger partial charge on any atom is -0.491 e. The number of imidazole rings is 1. The molecule has 3 N–H and O–H groups in total. The Morgan fingerprint density at radius 2 is 2.34 bits per heavy atom. The number of nitrogens with one attached hydrogen (secondary N) is 1. The second-order valence-corrected chi connectivity index (χ2v) is 7.38. The highest BCUT2D eigenvalue weighted by Crippen LogP contribution is 2.27. The van der Waals surface area contributed by atoms with Gasteiger partial charge in [-0.2, -0.15) is 0 Å². The Balaban J connectivity index is 1.81. The molecule has 8 heteroatoms. The molecule has 3 heterocycles. The summed E-state index contributed by atoms with van der Waals surface area (Å²) in [4.78, 5) is 21.3. The third kappa shape index (κ3) is 5.57. The van der Waals surface area contributed by atoms with Crippen molar-refractivity contribution < 1.29 is 14.3 Å². The molecule has 1 amide bonds. The molecular formula is C21H29N5O3. The number of rotatable bonds is 8. The first kappa shape index (κ1) is 20.9. The lowest BCUT2D eigenvalue weighted by atomic mass is 10.0. The molecule has 1 atom stereocenters. The summed E-state index contributed by atoms with van der Waals surface area (Å²) >= 11 is 0. The van der Waals surface area contributed by atoms with Crippen molar-refractivity contribution in [3.8, 4) is 5.75 Å². The number of allylic oxidation sites excluding steroid dienone is 1. The lowest BCUT2D eigenvalue weighted by Crippen LogP contribution is -2.21. The zero-order chi connectivity index (χ0) is 20.8. The summed E-state index contributed by atoms with van der Waals surface area (Å²) < 4.78 is 13.1. The Hall–Kier alpha value is -2.87. The van der Waals surface area contributed by atoms with Crippen molar-refractivity contribution in [2.24, 2.45) is 16.6 Å². The van der Waals surface area contributed by atoms with Gasteiger partial charge in [-0.25, -0.2) is 4.98 Å². The van der Waals surface area contributed by atoms with Crippen molar-refractivity contribution >= 4 is 23.5 Å². The highest BCUT2D eigenvalue weighted by atomic mass is 16.5. The first-order valence-corrected chi connectivity index (χ1v) is 9.98. The zero-order valence-electron chi connectivity index (χ0n) is 17.2. The topological polar surface area (TPSA) is 103 Å². The fourth-order valence-corrected chi connectivity index (χ4v) is 3.14. The number of anilines is 1. The Kier molecular flexibility index (Phi) is 6.87. The highest BCUT2D eigenvalue weighted by Gasteiger charge is 2.18. The number of carbonyl (C=O) groups excluding carboxylic acids is 1. The van der Waals surface area contributed by atoms with Gasteiger partial charge in [-0.1, -0.05) is 0 Å². The second-order valence-electron chi connectivity index (χ2n) is 7.38. The maximum atomic E-state index is 12.5. The standard InChI is InChI=1S/C21H29N5O3/c1-4-29-19-10-20-24-16(9-15-6-8-28-13-15)11-26(20)12-18(19)25-21(27)17(22)5-7-23-14(2)3/h5,7,10-12,14-15H,4,6,8-9,13,22H2,1-3H3,(H,25,27). The molecule has 3 rings (SSSR count). The van der Waals surface area contributed by atoms with E-state index in [-0.39, 0.29) is 11.7 Å². The van der Waals surface area contributed by atoms with Crippen LogP contribution in [0.3, 0.4) is 0 Å². The number of nitrogens with zero attached hydrogens (tertiary/aromatic N) is 3. The van der Waals surface area contributed by atoms with E-state index in [9.17, 15) is 4.79 Å². The van der Waals surface area contributed by atoms with Crippen LogP contribution < -0.4 is 15.8 Å². The molecule has 1 aliphatic heterocycles. The molecule has 2 aromatic rings. The van der Waals surface area contributed by atoms with Crippen LogP contribution in [0.15, 0.2) is 35.2 Å². The molecule has 2 aromatic heterocycles. The van der Waals surface area contributed by atoms with E-state index < -0.39 is 5.91 Å². The summed E-state index contributed by atoms with van der Waals surface area (Å²) in [6, 6.07) is 1.97. The number of amides is 1. The number of carbonyl (C=O) groups is 1. The molecule has 0 bridgehead atoms. The summed E-state index contributed by atoms with van der Waals surface area (Å²) in [5.41, 5.74) is 8.25. The fraction of sp³-hybridized carbons (Fsp3) is 0.476. The molecule has 0 saturated carbocycles. The van der Waals surface area contributed by atoms with Gasteiger partial charge in [0.15, 0.2) is 0 Å². The van der Waals surface area contributed by atoms with Gasteiger partial charge in [0, 0.05) is 43.9 Å². The van der Waals surface area contributed by atoms with Gasteiger partial charge >= 0.3 is 0 Å². The summed E-state index contributed by atoms with van der Waals surface area (Å²) in [7, 11) is 0. The van der Waals surface area contributed by atoms with E-state index >= 15 is 0 Å². The molecular weight excluding hydrogens is 370 g/mol. The first-order valence-electron chi connectivity index (χ1n) is 9.98. The molecule has 1 saturated heterocycles. The van der Waals surface area contributed by atoms with Crippen molar-refractivity contribution in [2.45, 2.75) is 39.7 Å². The summed E-state index contributed by atoms with van der Waals surface area (Å²) in [6.07, 6.45) is 8.75. The summed E-state index contributed by atoms with van der Waals surface area (Å²) in [5.74, 6) is 0.644. The normalized spacial score (nSPS) is 17.5. The van der Waals surface area contributed by atoms with Crippen molar-refractivity contribution in [1.29, 1.82) is 0 Å². The Morgan fingerprint density at radius 1 is 1.52 bits per heavy atom. The van der Waals surface area contributed by atoms with Crippen LogP contribution in [0.5, 0.6) is 5.75 Å². The maximum absolute atomic E-state index is 12.5. The van der Waals surface area contributed by atoms with E-state index in [4.69, 9.17) is 20.2 Å². The number of pyridine rings is 1. The molecule has 0 spiro atoms. The number of aromatic nitrogens is 2. The van der Waals surface area contributed by atoms with Gasteiger partial charge in [0.25, 0.3) is 5.91 Å². The highest BCUT2D eigenvalue weighted by molar-refractivity contribution is 6.05. The van der Waals surface area contributed by atoms with Crippen molar-refractivity contribution in [1.82, 2.24) is 9.38 Å². The third-order valence-corrected chi connectivity index (χ3v) is 4.57. The van der Waals surface area contributed by atoms with Gasteiger partial charge in [0.2, 0.25) is 0 Å². The Morgan fingerprint density at radius 3 is 3.03 bits per heavy atom. The molecule has 29 heavy (non-hydrogen) atoms. The predicted molar refractivity (Wildman–Crippen MR) is 114 cm³/mol. The number of hydrogen-bond acceptors (Lipinski definition) is 6. The van der Waals surface area contributed by atoms with Crippen LogP contribution >= 0.6 is 0 Å². The Bertz CT molecular complexity index is 910. The van der Waals surface area contributed by atoms with Crippen LogP contribution in [-0.4, -0.2) is 47.4 Å². The van der Waals surface area contributed by atoms with E-state index in [0.29, 0.717) is 24.0 Å². The lowest BCUT2D eigenvalue weighted by Gasteiger charge is -2.12. The lowest BCUT2D eigenvalue weighted by molar-refractivity contribution is -0.112. The quantitative estimate of drug-likeness (QED) is 0.525. The molecule has 156 valence electrons. The first-order chi connectivity index (χ1) is 14.0. The molecule has 1 aliphatic rings. The van der Waals surface area contributed by atoms with Crippen LogP contribution in [0.1, 0.15) is 32.9 Å². The molecule has 0 radical (unpaired) electrons. The van der Waals surface area contributed by atoms with Crippen LogP contribution in [0.25, 0.3) is 5.65 Å². The average molecular weight is 399 g/mol. The van der Waals surface area contributed by atoms with Crippen LogP contribution in [0.4, 0.5) is 5.69 Å². The fourth-order valence-electron chi connectivity index (χ4n) is 3.14. The smallest absolute Gasteiger partial charge is 0.271 e. The van der Waals surface area contributed by atoms with Crippen LogP contribution in [0, 0.1) is 5.92 Å². The van der Waals surface area contributed by atoms with Crippen LogP contribution in [-0.2, 0) is 16.0 Å². The maximum Gasteiger partial charge on any atom is 0.271 e. The molecule has 0 aromatic carbocycles. The largest absolute Gasteiger partial charge is 0.491 e. The van der Waals surface area contributed by atoms with E-state index in [0.717, 1.165) is 37.4 Å². The van der Waals surface area contributed by atoms with Gasteiger partial charge in [-0.3, -0.25) is 9.79 Å². The van der Waals surface area contributed by atoms with Crippen molar-refractivity contribution in [3.05, 3.63) is 35.9 Å². The SMILES string of the molecule is CCOc1cc2nc(CC3CCOC3)cn2cc1NC(=O)C(N)=CC=NC(C)C. The number of aliphatic imine (C=N–C) groups is 1. The number of ether oxygens (including phenoxy) is 2. The van der Waals surface area contributed by atoms with Gasteiger partial charge in [-0.05, 0) is 45.6 Å². The Labute approximate surface area is 170 Å². The van der Waals surface area contributed by atoms with E-state index in [1.165, 1.54) is 6.08 Å². The number of fused-ring (bicyclic) bond motifs is 1. The second kappa shape index (κ2) is 9.56. The number of hydrogen-bond donors (Lipinski definition) is 2. The van der Waals surface area contributed by atoms with E-state index in [2.05, 4.69) is 10.3 Å².